The van der Waals surface area contributed by atoms with Gasteiger partial charge in [-0.3, -0.25) is 9.59 Å². The van der Waals surface area contributed by atoms with Crippen LogP contribution in [-0.2, 0) is 35.3 Å². The largest absolute Gasteiger partial charge is 0.466 e. The van der Waals surface area contributed by atoms with Gasteiger partial charge in [0.2, 0.25) is 0 Å². The van der Waals surface area contributed by atoms with Crippen molar-refractivity contribution >= 4 is 44.0 Å². The number of ether oxygens (including phenoxy) is 2. The first-order valence-electron chi connectivity index (χ1n) is 20.6. The summed E-state index contributed by atoms with van der Waals surface area (Å²) in [4.78, 5) is 25.3. The lowest BCUT2D eigenvalue weighted by Crippen LogP contribution is -2.45. The molecule has 2 fully saturated rings. The van der Waals surface area contributed by atoms with Crippen molar-refractivity contribution in [3.63, 3.8) is 0 Å². The van der Waals surface area contributed by atoms with Crippen LogP contribution in [0, 0.1) is 17.8 Å². The smallest absolute Gasteiger partial charge is 0.316 e. The fourth-order valence-corrected chi connectivity index (χ4v) is 9.05. The quantitative estimate of drug-likeness (QED) is 0.187. The van der Waals surface area contributed by atoms with Crippen LogP contribution in [0.5, 0.6) is 0 Å². The first-order valence-corrected chi connectivity index (χ1v) is 28.8. The Bertz CT molecular complexity index is 1430. The van der Waals surface area contributed by atoms with E-state index >= 15 is 0 Å². The SMILES string of the molecule is CC(C)(C)c1cccc(Br)c1.CC1CCCCC1(C(=O)OCC[Si](C)(C)C)c1cccc(C(C)(C)C)c1.CC1CCCCC1C(=O)OCC[Si](C)(C)C. The number of halogens is 1. The number of hydrogen-bond donors (Lipinski definition) is 0. The zero-order chi connectivity index (χ0) is 40.3. The highest BCUT2D eigenvalue weighted by Gasteiger charge is 2.48. The average Bonchev–Trinajstić information content (AvgIpc) is 3.04. The Kier molecular flexibility index (Phi) is 18.3. The number of hydrogen-bond acceptors (Lipinski definition) is 4. The Morgan fingerprint density at radius 2 is 1.23 bits per heavy atom. The van der Waals surface area contributed by atoms with Crippen LogP contribution in [-0.4, -0.2) is 41.3 Å². The molecule has 7 heteroatoms. The van der Waals surface area contributed by atoms with Gasteiger partial charge in [-0.1, -0.05) is 173 Å². The van der Waals surface area contributed by atoms with Crippen LogP contribution in [0.3, 0.4) is 0 Å². The van der Waals surface area contributed by atoms with Crippen LogP contribution in [0.15, 0.2) is 53.0 Å². The zero-order valence-corrected chi connectivity index (χ0v) is 39.9. The highest BCUT2D eigenvalue weighted by atomic mass is 79.9. The number of benzene rings is 2. The zero-order valence-electron chi connectivity index (χ0n) is 36.3. The van der Waals surface area contributed by atoms with Gasteiger partial charge in [0.05, 0.1) is 24.5 Å². The van der Waals surface area contributed by atoms with Gasteiger partial charge in [-0.15, -0.1) is 0 Å². The van der Waals surface area contributed by atoms with Crippen LogP contribution < -0.4 is 0 Å². The molecule has 0 heterocycles. The van der Waals surface area contributed by atoms with Gasteiger partial charge in [0, 0.05) is 20.6 Å². The number of carbonyl (C=O) groups is 2. The lowest BCUT2D eigenvalue weighted by molar-refractivity contribution is -0.154. The molecule has 2 aliphatic carbocycles. The van der Waals surface area contributed by atoms with E-state index < -0.39 is 21.6 Å². The van der Waals surface area contributed by atoms with E-state index in [0.717, 1.165) is 47.8 Å². The molecule has 0 saturated heterocycles. The summed E-state index contributed by atoms with van der Waals surface area (Å²) < 4.78 is 12.5. The average molecular weight is 830 g/mol. The molecule has 0 N–H and O–H groups in total. The number of rotatable bonds is 9. The van der Waals surface area contributed by atoms with Gasteiger partial charge in [0.15, 0.2) is 0 Å². The minimum atomic E-state index is -1.21. The summed E-state index contributed by atoms with van der Waals surface area (Å²) in [7, 11) is -2.27. The molecule has 4 nitrogen and oxygen atoms in total. The fraction of sp³-hybridized carbons (Fsp3) is 0.696. The first kappa shape index (κ1) is 47.4. The molecule has 2 aromatic rings. The third-order valence-electron chi connectivity index (χ3n) is 11.2. The molecule has 0 aliphatic heterocycles. The fourth-order valence-electron chi connectivity index (χ4n) is 7.23. The standard InChI is InChI=1S/C23H38O2Si.C13H26O2Si.C10H13Br/c1-18-11-8-9-14-23(18,21(24)25-15-16-26(5,6)7)20-13-10-12-19(17-20)22(2,3)4;1-11-7-5-6-8-12(11)13(14)15-9-10-16(2,3)4;1-10(2,3)8-5-4-6-9(11)7-8/h10,12-13,17-18H,8-9,11,14-16H2,1-7H3;11-12H,5-10H2,1-4H3;4-7H,1-3H3. The summed E-state index contributed by atoms with van der Waals surface area (Å²) in [6.45, 7) is 32.9. The number of carbonyl (C=O) groups excluding carboxylic acids is 2. The highest BCUT2D eigenvalue weighted by Crippen LogP contribution is 2.45. The maximum atomic E-state index is 13.4. The monoisotopic (exact) mass is 828 g/mol. The lowest BCUT2D eigenvalue weighted by Gasteiger charge is -2.41. The maximum absolute atomic E-state index is 13.4. The second-order valence-electron chi connectivity index (χ2n) is 20.5. The van der Waals surface area contributed by atoms with Crippen molar-refractivity contribution in [2.45, 2.75) is 174 Å². The minimum absolute atomic E-state index is 0.00834. The lowest BCUT2D eigenvalue weighted by atomic mass is 9.62. The first-order chi connectivity index (χ1) is 24.4. The summed E-state index contributed by atoms with van der Waals surface area (Å²) >= 11 is 3.45. The maximum Gasteiger partial charge on any atom is 0.316 e. The van der Waals surface area contributed by atoms with Gasteiger partial charge < -0.3 is 9.47 Å². The van der Waals surface area contributed by atoms with Crippen LogP contribution in [0.1, 0.15) is 123 Å². The molecule has 0 spiro atoms. The summed E-state index contributed by atoms with van der Waals surface area (Å²) in [5.41, 5.74) is 3.68. The van der Waals surface area contributed by atoms with Crippen molar-refractivity contribution in [1.82, 2.24) is 0 Å². The molecule has 0 aromatic heterocycles. The molecule has 53 heavy (non-hydrogen) atoms. The third-order valence-corrected chi connectivity index (χ3v) is 15.1. The van der Waals surface area contributed by atoms with Crippen LogP contribution in [0.2, 0.25) is 51.4 Å². The van der Waals surface area contributed by atoms with Gasteiger partial charge in [-0.2, -0.15) is 0 Å². The summed E-state index contributed by atoms with van der Waals surface area (Å²) in [5.74, 6) is 1.09. The van der Waals surface area contributed by atoms with Crippen molar-refractivity contribution in [1.29, 1.82) is 0 Å². The highest BCUT2D eigenvalue weighted by molar-refractivity contribution is 9.10. The van der Waals surface area contributed by atoms with Gasteiger partial charge in [-0.05, 0) is 89.3 Å². The summed E-state index contributed by atoms with van der Waals surface area (Å²) in [6, 6.07) is 19.3. The van der Waals surface area contributed by atoms with Crippen LogP contribution >= 0.6 is 15.9 Å². The summed E-state index contributed by atoms with van der Waals surface area (Å²) in [5, 5.41) is 0. The Balaban J connectivity index is 0.000000305. The molecule has 2 aliphatic rings. The Morgan fingerprint density at radius 3 is 1.72 bits per heavy atom. The molecular weight excluding hydrogens is 753 g/mol. The topological polar surface area (TPSA) is 52.6 Å². The van der Waals surface area contributed by atoms with Crippen molar-refractivity contribution in [3.8, 4) is 0 Å². The van der Waals surface area contributed by atoms with Gasteiger partial charge in [-0.25, -0.2) is 0 Å². The molecule has 0 bridgehead atoms. The molecule has 0 amide bonds. The summed E-state index contributed by atoms with van der Waals surface area (Å²) in [6.07, 6.45) is 9.02. The van der Waals surface area contributed by atoms with E-state index in [1.54, 1.807) is 0 Å². The second-order valence-corrected chi connectivity index (χ2v) is 32.7. The van der Waals surface area contributed by atoms with Crippen molar-refractivity contribution in [2.24, 2.45) is 17.8 Å². The molecule has 300 valence electrons. The molecule has 0 radical (unpaired) electrons. The van der Waals surface area contributed by atoms with Crippen LogP contribution in [0.25, 0.3) is 0 Å². The molecular formula is C46H77BrO4Si2. The van der Waals surface area contributed by atoms with Crippen molar-refractivity contribution in [3.05, 3.63) is 69.7 Å². The Labute approximate surface area is 336 Å². The molecule has 4 atom stereocenters. The molecule has 2 aromatic carbocycles. The third kappa shape index (κ3) is 16.1. The van der Waals surface area contributed by atoms with E-state index in [-0.39, 0.29) is 28.7 Å². The molecule has 4 rings (SSSR count). The van der Waals surface area contributed by atoms with Crippen LogP contribution in [0.4, 0.5) is 0 Å². The molecule has 2 saturated carbocycles. The van der Waals surface area contributed by atoms with E-state index in [1.165, 1.54) is 36.8 Å². The predicted octanol–water partition coefficient (Wildman–Crippen LogP) is 13.8. The van der Waals surface area contributed by atoms with Gasteiger partial charge in [0.1, 0.15) is 0 Å². The minimum Gasteiger partial charge on any atom is -0.466 e. The van der Waals surface area contributed by atoms with Crippen molar-refractivity contribution < 1.29 is 19.1 Å². The van der Waals surface area contributed by atoms with E-state index in [0.29, 0.717) is 25.0 Å². The van der Waals surface area contributed by atoms with E-state index in [4.69, 9.17) is 9.47 Å². The van der Waals surface area contributed by atoms with Gasteiger partial charge >= 0.3 is 11.9 Å². The van der Waals surface area contributed by atoms with Crippen molar-refractivity contribution in [2.75, 3.05) is 13.2 Å². The number of esters is 2. The normalized spacial score (nSPS) is 22.4. The van der Waals surface area contributed by atoms with E-state index in [1.807, 2.05) is 0 Å². The Morgan fingerprint density at radius 1 is 0.717 bits per heavy atom. The van der Waals surface area contributed by atoms with Gasteiger partial charge in [0.25, 0.3) is 0 Å². The van der Waals surface area contributed by atoms with E-state index in [2.05, 4.69) is 159 Å². The second kappa shape index (κ2) is 20.5. The predicted molar refractivity (Wildman–Crippen MR) is 237 cm³/mol. The molecule has 4 unspecified atom stereocenters. The Hall–Kier alpha value is -1.71. The van der Waals surface area contributed by atoms with E-state index in [9.17, 15) is 9.59 Å².